The number of carbonyl (C=O) groups is 3. The van der Waals surface area contributed by atoms with Crippen LogP contribution in [0.25, 0.3) is 0 Å². The van der Waals surface area contributed by atoms with Crippen molar-refractivity contribution in [1.29, 1.82) is 0 Å². The highest BCUT2D eigenvalue weighted by molar-refractivity contribution is 5.98. The number of amides is 3. The van der Waals surface area contributed by atoms with Crippen LogP contribution < -0.4 is 10.6 Å². The molecule has 3 amide bonds. The van der Waals surface area contributed by atoms with Crippen LogP contribution in [0.3, 0.4) is 0 Å². The molecule has 2 aromatic carbocycles. The van der Waals surface area contributed by atoms with E-state index in [-0.39, 0.29) is 30.1 Å². The lowest BCUT2D eigenvalue weighted by Crippen LogP contribution is -2.55. The minimum atomic E-state index is -0.989. The highest BCUT2D eigenvalue weighted by Crippen LogP contribution is 2.31. The Morgan fingerprint density at radius 1 is 0.951 bits per heavy atom. The van der Waals surface area contributed by atoms with Gasteiger partial charge in [0.1, 0.15) is 30.3 Å². The van der Waals surface area contributed by atoms with E-state index < -0.39 is 30.0 Å². The summed E-state index contributed by atoms with van der Waals surface area (Å²) in [4.78, 5) is 45.4. The predicted molar refractivity (Wildman–Crippen MR) is 158 cm³/mol. The molecule has 1 aromatic heterocycles. The number of rotatable bonds is 10. The van der Waals surface area contributed by atoms with Crippen molar-refractivity contribution in [3.05, 3.63) is 89.6 Å². The van der Waals surface area contributed by atoms with Gasteiger partial charge in [-0.2, -0.15) is 0 Å². The minimum Gasteiger partial charge on any atom is -0.508 e. The Hall–Kier alpha value is -4.40. The molecule has 9 heteroatoms. The second-order valence-electron chi connectivity index (χ2n) is 11.4. The molecule has 218 valence electrons. The van der Waals surface area contributed by atoms with E-state index in [0.29, 0.717) is 5.82 Å². The number of hydrogen-bond acceptors (Lipinski definition) is 6. The lowest BCUT2D eigenvalue weighted by Gasteiger charge is -2.31. The molecule has 9 nitrogen and oxygen atoms in total. The molecule has 41 heavy (non-hydrogen) atoms. The quantitative estimate of drug-likeness (QED) is 0.319. The van der Waals surface area contributed by atoms with Gasteiger partial charge in [0.05, 0.1) is 0 Å². The normalized spacial score (nSPS) is 12.8. The molecule has 0 radical (unpaired) electrons. The molecule has 2 unspecified atom stereocenters. The lowest BCUT2D eigenvalue weighted by atomic mass is 9.84. The summed E-state index contributed by atoms with van der Waals surface area (Å²) >= 11 is 0. The Morgan fingerprint density at radius 3 is 2.24 bits per heavy atom. The van der Waals surface area contributed by atoms with Crippen molar-refractivity contribution >= 4 is 23.7 Å². The van der Waals surface area contributed by atoms with Crippen LogP contribution in [-0.4, -0.2) is 52.0 Å². The molecule has 2 atom stereocenters. The van der Waals surface area contributed by atoms with E-state index in [4.69, 9.17) is 4.74 Å². The third-order valence-corrected chi connectivity index (χ3v) is 6.67. The van der Waals surface area contributed by atoms with Crippen molar-refractivity contribution < 1.29 is 24.2 Å². The van der Waals surface area contributed by atoms with E-state index in [1.807, 2.05) is 71.0 Å². The van der Waals surface area contributed by atoms with Crippen LogP contribution in [0.15, 0.2) is 72.9 Å². The summed E-state index contributed by atoms with van der Waals surface area (Å²) in [7, 11) is 1.51. The van der Waals surface area contributed by atoms with Gasteiger partial charge in [0.25, 0.3) is 0 Å². The Labute approximate surface area is 241 Å². The van der Waals surface area contributed by atoms with Gasteiger partial charge in [-0.3, -0.25) is 14.5 Å². The zero-order chi connectivity index (χ0) is 30.2. The van der Waals surface area contributed by atoms with Gasteiger partial charge < -0.3 is 20.5 Å². The Morgan fingerprint density at radius 2 is 1.63 bits per heavy atom. The molecule has 0 saturated carbocycles. The van der Waals surface area contributed by atoms with Crippen molar-refractivity contribution in [2.45, 2.75) is 65.1 Å². The first kappa shape index (κ1) is 31.1. The van der Waals surface area contributed by atoms with Crippen LogP contribution in [0.5, 0.6) is 5.75 Å². The smallest absolute Gasteiger partial charge is 0.410 e. The topological polar surface area (TPSA) is 121 Å². The SMILES string of the molecule is CC(C)C(C(=O)NC(Cc1ccc(O)c(C(C)(C)C)c1)C(=O)Nc1ccccn1)N(C)C(=O)OCc1ccccc1. The van der Waals surface area contributed by atoms with Crippen LogP contribution in [0.2, 0.25) is 0 Å². The van der Waals surface area contributed by atoms with Gasteiger partial charge in [0.2, 0.25) is 11.8 Å². The minimum absolute atomic E-state index is 0.0719. The van der Waals surface area contributed by atoms with Gasteiger partial charge >= 0.3 is 6.09 Å². The Balaban J connectivity index is 1.82. The maximum atomic E-state index is 13.6. The monoisotopic (exact) mass is 560 g/mol. The first-order valence-corrected chi connectivity index (χ1v) is 13.6. The second kappa shape index (κ2) is 13.8. The van der Waals surface area contributed by atoms with Gasteiger partial charge in [-0.15, -0.1) is 0 Å². The third-order valence-electron chi connectivity index (χ3n) is 6.67. The van der Waals surface area contributed by atoms with Crippen LogP contribution in [-0.2, 0) is 32.8 Å². The average molecular weight is 561 g/mol. The largest absolute Gasteiger partial charge is 0.508 e. The number of pyridine rings is 1. The molecule has 0 bridgehead atoms. The number of aromatic hydroxyl groups is 1. The number of phenols is 1. The van der Waals surface area contributed by atoms with E-state index in [1.165, 1.54) is 11.9 Å². The molecule has 0 spiro atoms. The summed E-state index contributed by atoms with van der Waals surface area (Å²) in [6.07, 6.45) is 1.06. The summed E-state index contributed by atoms with van der Waals surface area (Å²) in [5.41, 5.74) is 1.98. The zero-order valence-corrected chi connectivity index (χ0v) is 24.5. The molecule has 3 rings (SSSR count). The van der Waals surface area contributed by atoms with Crippen molar-refractivity contribution in [3.63, 3.8) is 0 Å². The van der Waals surface area contributed by atoms with Crippen molar-refractivity contribution in [1.82, 2.24) is 15.2 Å². The van der Waals surface area contributed by atoms with Crippen molar-refractivity contribution in [2.24, 2.45) is 5.92 Å². The Kier molecular flexibility index (Phi) is 10.5. The molecule has 0 saturated heterocycles. The summed E-state index contributed by atoms with van der Waals surface area (Å²) in [6.45, 7) is 9.67. The summed E-state index contributed by atoms with van der Waals surface area (Å²) in [6, 6.07) is 17.7. The number of phenolic OH excluding ortho intramolecular Hbond substituents is 1. The van der Waals surface area contributed by atoms with Gasteiger partial charge in [-0.1, -0.05) is 83.1 Å². The predicted octanol–water partition coefficient (Wildman–Crippen LogP) is 5.04. The molecule has 0 aliphatic carbocycles. The lowest BCUT2D eigenvalue weighted by molar-refractivity contribution is -0.130. The first-order chi connectivity index (χ1) is 19.4. The van der Waals surface area contributed by atoms with Crippen LogP contribution in [0, 0.1) is 5.92 Å². The summed E-state index contributed by atoms with van der Waals surface area (Å²) < 4.78 is 5.45. The highest BCUT2D eigenvalue weighted by Gasteiger charge is 2.34. The first-order valence-electron chi connectivity index (χ1n) is 13.6. The van der Waals surface area contributed by atoms with Gasteiger partial charge in [-0.25, -0.2) is 9.78 Å². The number of likely N-dealkylation sites (N-methyl/N-ethyl adjacent to an activating group) is 1. The van der Waals surface area contributed by atoms with Gasteiger partial charge in [0, 0.05) is 19.7 Å². The van der Waals surface area contributed by atoms with E-state index in [1.54, 1.807) is 36.5 Å². The molecular weight excluding hydrogens is 520 g/mol. The second-order valence-corrected chi connectivity index (χ2v) is 11.4. The summed E-state index contributed by atoms with van der Waals surface area (Å²) in [5, 5.41) is 16.0. The number of nitrogens with zero attached hydrogens (tertiary/aromatic N) is 2. The van der Waals surface area contributed by atoms with E-state index in [0.717, 1.165) is 16.7 Å². The highest BCUT2D eigenvalue weighted by atomic mass is 16.6. The summed E-state index contributed by atoms with van der Waals surface area (Å²) in [5.74, 6) is -0.713. The molecule has 0 aliphatic heterocycles. The third kappa shape index (κ3) is 8.79. The van der Waals surface area contributed by atoms with Gasteiger partial charge in [0.15, 0.2) is 0 Å². The maximum absolute atomic E-state index is 13.6. The number of anilines is 1. The number of nitrogens with one attached hydrogen (secondary N) is 2. The average Bonchev–Trinajstić information content (AvgIpc) is 2.92. The van der Waals surface area contributed by atoms with Gasteiger partial charge in [-0.05, 0) is 46.2 Å². The molecule has 0 fully saturated rings. The standard InChI is InChI=1S/C32H40N4O5/c1-21(2)28(36(6)31(40)41-20-22-12-8-7-9-13-22)30(39)34-25(29(38)35-27-14-10-11-17-33-27)19-23-15-16-26(37)24(18-23)32(3,4)5/h7-18,21,25,28,37H,19-20H2,1-6H3,(H,34,39)(H,33,35,38). The molecule has 0 aliphatic rings. The van der Waals surface area contributed by atoms with E-state index >= 15 is 0 Å². The van der Waals surface area contributed by atoms with Crippen LogP contribution >= 0.6 is 0 Å². The number of aromatic nitrogens is 1. The van der Waals surface area contributed by atoms with E-state index in [9.17, 15) is 19.5 Å². The van der Waals surface area contributed by atoms with Crippen molar-refractivity contribution in [2.75, 3.05) is 12.4 Å². The van der Waals surface area contributed by atoms with E-state index in [2.05, 4.69) is 15.6 Å². The fourth-order valence-corrected chi connectivity index (χ4v) is 4.52. The van der Waals surface area contributed by atoms with Crippen LogP contribution in [0.1, 0.15) is 51.3 Å². The number of ether oxygens (including phenoxy) is 1. The fourth-order valence-electron chi connectivity index (χ4n) is 4.52. The maximum Gasteiger partial charge on any atom is 0.410 e. The molecule has 1 heterocycles. The Bertz CT molecular complexity index is 1320. The fraction of sp³-hybridized carbons (Fsp3) is 0.375. The van der Waals surface area contributed by atoms with Crippen LogP contribution in [0.4, 0.5) is 10.6 Å². The number of hydrogen-bond donors (Lipinski definition) is 3. The molecule has 3 aromatic rings. The molecule has 3 N–H and O–H groups in total. The zero-order valence-electron chi connectivity index (χ0n) is 24.5. The van der Waals surface area contributed by atoms with Crippen molar-refractivity contribution in [3.8, 4) is 5.75 Å². The number of carbonyl (C=O) groups excluding carboxylic acids is 3. The number of benzene rings is 2. The molecular formula is C32H40N4O5.